The van der Waals surface area contributed by atoms with E-state index in [4.69, 9.17) is 0 Å². The van der Waals surface area contributed by atoms with Crippen LogP contribution in [-0.4, -0.2) is 27.0 Å². The molecule has 0 radical (unpaired) electrons. The van der Waals surface area contributed by atoms with Crippen molar-refractivity contribution in [1.29, 1.82) is 0 Å². The Morgan fingerprint density at radius 2 is 1.53 bits per heavy atom. The van der Waals surface area contributed by atoms with Gasteiger partial charge in [0.15, 0.2) is 0 Å². The van der Waals surface area contributed by atoms with Gasteiger partial charge < -0.3 is 26.7 Å². The second kappa shape index (κ2) is 28.1. The summed E-state index contributed by atoms with van der Waals surface area (Å²) in [5, 5.41) is 19.0. The third kappa shape index (κ3) is 28.8. The summed E-state index contributed by atoms with van der Waals surface area (Å²) in [6.45, 7) is 11.8. The molecule has 7 nitrogen and oxygen atoms in total. The first kappa shape index (κ1) is 42.9. The van der Waals surface area contributed by atoms with Crippen LogP contribution in [-0.2, 0) is 23.9 Å². The van der Waals surface area contributed by atoms with Gasteiger partial charge in [-0.1, -0.05) is 63.8 Å². The van der Waals surface area contributed by atoms with Crippen LogP contribution in [0.2, 0.25) is 0 Å². The van der Waals surface area contributed by atoms with Crippen molar-refractivity contribution < 1.29 is 121 Å². The van der Waals surface area contributed by atoms with Gasteiger partial charge in [0.2, 0.25) is 0 Å². The van der Waals surface area contributed by atoms with Crippen LogP contribution in [0, 0.1) is 12.8 Å². The predicted molar refractivity (Wildman–Crippen MR) is 108 cm³/mol. The van der Waals surface area contributed by atoms with Crippen LogP contribution in [0.3, 0.4) is 0 Å². The standard InChI is InChI=1S/C9H10O3S.C8H17.C4H6O4.3Na/c1-2-8-12-13(10,11)9-6-4-3-5-7-9;1-4-6-7-8(3)5-2;5-3(6)1-2-4(7)8;;;/h2-7H,1,8H2;8H,3-7H2,1-2H3;1-2H2,(H,5,6)(H,7,8);;;/q;-1;;3*+1/p-2. The topological polar surface area (TPSA) is 124 Å². The maximum Gasteiger partial charge on any atom is 1.00 e. The van der Waals surface area contributed by atoms with Gasteiger partial charge in [-0.15, -0.1) is 6.58 Å². The van der Waals surface area contributed by atoms with Gasteiger partial charge in [0.1, 0.15) is 0 Å². The average molecular weight is 497 g/mol. The van der Waals surface area contributed by atoms with Crippen LogP contribution in [0.1, 0.15) is 52.4 Å². The van der Waals surface area contributed by atoms with Gasteiger partial charge in [0.25, 0.3) is 10.1 Å². The molecule has 0 spiro atoms. The van der Waals surface area contributed by atoms with Gasteiger partial charge in [-0.3, -0.25) is 4.18 Å². The van der Waals surface area contributed by atoms with Gasteiger partial charge >= 0.3 is 88.7 Å². The summed E-state index contributed by atoms with van der Waals surface area (Å²) in [4.78, 5) is 19.2. The number of hydrogen-bond donors (Lipinski definition) is 0. The SMILES string of the molecule is C=CCOS(=O)(=O)c1ccccc1.O=C([O-])CCC(=O)[O-].[CH2-]C(CC)CCCC.[Na+].[Na+].[Na+]. The van der Waals surface area contributed by atoms with E-state index in [-0.39, 0.29) is 100 Å². The normalized spacial score (nSPS) is 10.1. The van der Waals surface area contributed by atoms with E-state index in [2.05, 4.69) is 31.5 Å². The van der Waals surface area contributed by atoms with Crippen molar-refractivity contribution in [2.75, 3.05) is 6.61 Å². The van der Waals surface area contributed by atoms with Crippen LogP contribution in [0.5, 0.6) is 0 Å². The Labute approximate surface area is 259 Å². The van der Waals surface area contributed by atoms with Crippen molar-refractivity contribution in [2.45, 2.75) is 57.3 Å². The molecule has 0 saturated heterocycles. The number of benzene rings is 1. The molecule has 0 aliphatic rings. The Kier molecular flexibility index (Phi) is 37.6. The summed E-state index contributed by atoms with van der Waals surface area (Å²) in [7, 11) is -3.59. The van der Waals surface area contributed by atoms with E-state index in [1.165, 1.54) is 43.9 Å². The number of aliphatic carboxylic acids is 2. The Balaban J connectivity index is -0.000000114. The van der Waals surface area contributed by atoms with Gasteiger partial charge in [-0.25, -0.2) is 0 Å². The van der Waals surface area contributed by atoms with E-state index in [1.807, 2.05) is 0 Å². The number of hydrogen-bond acceptors (Lipinski definition) is 7. The molecule has 11 heteroatoms. The third-order valence-electron chi connectivity index (χ3n) is 3.45. The minimum Gasteiger partial charge on any atom is -0.550 e. The van der Waals surface area contributed by atoms with Crippen molar-refractivity contribution in [3.8, 4) is 0 Å². The van der Waals surface area contributed by atoms with Gasteiger partial charge in [0, 0.05) is 11.9 Å². The maximum absolute atomic E-state index is 11.3. The number of rotatable bonds is 11. The predicted octanol–water partition coefficient (Wildman–Crippen LogP) is -7.11. The average Bonchev–Trinajstić information content (AvgIpc) is 2.70. The fraction of sp³-hybridized carbons (Fsp3) is 0.476. The fourth-order valence-corrected chi connectivity index (χ4v) is 2.60. The molecule has 0 amide bonds. The smallest absolute Gasteiger partial charge is 0.550 e. The molecule has 166 valence electrons. The van der Waals surface area contributed by atoms with Crippen LogP contribution >= 0.6 is 0 Å². The molecule has 32 heavy (non-hydrogen) atoms. The van der Waals surface area contributed by atoms with Crippen molar-refractivity contribution in [1.82, 2.24) is 0 Å². The first-order valence-corrected chi connectivity index (χ1v) is 10.8. The minimum atomic E-state index is -3.59. The first-order valence-electron chi connectivity index (χ1n) is 9.38. The molecule has 0 aromatic heterocycles. The molecule has 0 fully saturated rings. The quantitative estimate of drug-likeness (QED) is 0.129. The summed E-state index contributed by atoms with van der Waals surface area (Å²) in [6.07, 6.45) is 5.66. The Hall–Kier alpha value is 0.810. The molecular weight excluding hydrogens is 465 g/mol. The van der Waals surface area contributed by atoms with Gasteiger partial charge in [-0.2, -0.15) is 14.3 Å². The van der Waals surface area contributed by atoms with Crippen molar-refractivity contribution >= 4 is 22.1 Å². The minimum absolute atomic E-state index is 0. The van der Waals surface area contributed by atoms with E-state index in [0.717, 1.165) is 0 Å². The van der Waals surface area contributed by atoms with Crippen molar-refractivity contribution in [3.63, 3.8) is 0 Å². The van der Waals surface area contributed by atoms with Crippen molar-refractivity contribution in [3.05, 3.63) is 49.9 Å². The molecular formula is C21H31Na3O7S. The molecule has 0 heterocycles. The molecule has 1 aromatic carbocycles. The molecule has 1 unspecified atom stereocenters. The third-order valence-corrected chi connectivity index (χ3v) is 4.75. The van der Waals surface area contributed by atoms with E-state index in [1.54, 1.807) is 18.2 Å². The number of carboxylic acid groups (broad SMARTS) is 2. The Morgan fingerprint density at radius 1 is 1.06 bits per heavy atom. The monoisotopic (exact) mass is 496 g/mol. The summed E-state index contributed by atoms with van der Waals surface area (Å²) >= 11 is 0. The first-order chi connectivity index (χ1) is 13.6. The number of unbranched alkanes of at least 4 members (excludes halogenated alkanes) is 1. The van der Waals surface area contributed by atoms with E-state index in [0.29, 0.717) is 5.92 Å². The van der Waals surface area contributed by atoms with Crippen LogP contribution in [0.25, 0.3) is 0 Å². The van der Waals surface area contributed by atoms with Gasteiger partial charge in [-0.05, 0) is 25.0 Å². The number of carbonyl (C=O) groups is 2. The molecule has 0 saturated carbocycles. The van der Waals surface area contributed by atoms with E-state index in [9.17, 15) is 28.2 Å². The number of carboxylic acids is 2. The van der Waals surface area contributed by atoms with Crippen LogP contribution in [0.15, 0.2) is 47.9 Å². The van der Waals surface area contributed by atoms with Crippen LogP contribution < -0.4 is 98.9 Å². The zero-order chi connectivity index (χ0) is 22.7. The fourth-order valence-electron chi connectivity index (χ4n) is 1.69. The summed E-state index contributed by atoms with van der Waals surface area (Å²) < 4.78 is 27.3. The molecule has 0 aliphatic carbocycles. The molecule has 1 aromatic rings. The molecule has 1 rings (SSSR count). The van der Waals surface area contributed by atoms with E-state index < -0.39 is 34.9 Å². The zero-order valence-electron chi connectivity index (χ0n) is 20.2. The zero-order valence-corrected chi connectivity index (χ0v) is 27.0. The molecule has 0 aliphatic heterocycles. The Bertz CT molecular complexity index is 670. The summed E-state index contributed by atoms with van der Waals surface area (Å²) in [5.41, 5.74) is 0. The van der Waals surface area contributed by atoms with Gasteiger partial charge in [0.05, 0.1) is 11.5 Å². The maximum atomic E-state index is 11.3. The second-order valence-electron chi connectivity index (χ2n) is 6.00. The number of carbonyl (C=O) groups excluding carboxylic acids is 2. The Morgan fingerprint density at radius 3 is 1.88 bits per heavy atom. The molecule has 0 N–H and O–H groups in total. The molecule has 1 atom stereocenters. The molecule has 0 bridgehead atoms. The van der Waals surface area contributed by atoms with Crippen molar-refractivity contribution in [2.24, 2.45) is 5.92 Å². The van der Waals surface area contributed by atoms with E-state index >= 15 is 0 Å². The largest absolute Gasteiger partial charge is 1.00 e. The van der Waals surface area contributed by atoms with Crippen LogP contribution in [0.4, 0.5) is 0 Å². The second-order valence-corrected chi connectivity index (χ2v) is 7.62. The summed E-state index contributed by atoms with van der Waals surface area (Å²) in [5.74, 6) is -2.03. The summed E-state index contributed by atoms with van der Waals surface area (Å²) in [6, 6.07) is 8.00.